The second kappa shape index (κ2) is 4.98. The van der Waals surface area contributed by atoms with Crippen molar-refractivity contribution in [2.24, 2.45) is 5.73 Å². The van der Waals surface area contributed by atoms with Gasteiger partial charge in [-0.05, 0) is 6.07 Å². The third-order valence-electron chi connectivity index (χ3n) is 1.79. The van der Waals surface area contributed by atoms with E-state index in [4.69, 9.17) is 16.9 Å². The maximum absolute atomic E-state index is 10.5. The van der Waals surface area contributed by atoms with Crippen molar-refractivity contribution in [1.29, 1.82) is 0 Å². The first kappa shape index (κ1) is 11.0. The molecule has 78 valence electrons. The van der Waals surface area contributed by atoms with Gasteiger partial charge in [0.2, 0.25) is 0 Å². The van der Waals surface area contributed by atoms with Gasteiger partial charge in [-0.25, -0.2) is 0 Å². The molecule has 0 aromatic heterocycles. The lowest BCUT2D eigenvalue weighted by Gasteiger charge is -2.07. The van der Waals surface area contributed by atoms with Gasteiger partial charge < -0.3 is 10.5 Å². The number of nitrogens with zero attached hydrogens (tertiary/aromatic N) is 1. The molecule has 5 heteroatoms. The molecule has 1 aromatic carbocycles. The Kier molecular flexibility index (Phi) is 3.66. The van der Waals surface area contributed by atoms with E-state index in [1.54, 1.807) is 0 Å². The molecule has 15 heavy (non-hydrogen) atoms. The average Bonchev–Trinajstić information content (AvgIpc) is 2.25. The highest BCUT2D eigenvalue weighted by atomic mass is 16.6. The lowest BCUT2D eigenvalue weighted by atomic mass is 10.2. The molecule has 0 unspecified atom stereocenters. The van der Waals surface area contributed by atoms with E-state index in [0.29, 0.717) is 11.3 Å². The molecule has 0 atom stereocenters. The number of nitrogens with two attached hydrogens (primary N) is 1. The highest BCUT2D eigenvalue weighted by Crippen LogP contribution is 2.23. The van der Waals surface area contributed by atoms with Crippen LogP contribution in [0.2, 0.25) is 0 Å². The van der Waals surface area contributed by atoms with Crippen LogP contribution in [0, 0.1) is 22.5 Å². The van der Waals surface area contributed by atoms with E-state index in [2.05, 4.69) is 5.92 Å². The minimum Gasteiger partial charge on any atom is -0.481 e. The molecule has 0 fully saturated rings. The lowest BCUT2D eigenvalue weighted by Crippen LogP contribution is -2.03. The molecule has 2 N–H and O–H groups in total. The predicted octanol–water partition coefficient (Wildman–Crippen LogP) is 1.07. The molecule has 0 aliphatic rings. The van der Waals surface area contributed by atoms with Crippen LogP contribution in [-0.2, 0) is 6.54 Å². The monoisotopic (exact) mass is 206 g/mol. The Bertz CT molecular complexity index is 410. The van der Waals surface area contributed by atoms with Crippen LogP contribution in [0.1, 0.15) is 5.56 Å². The maximum Gasteiger partial charge on any atom is 0.270 e. The summed E-state index contributed by atoms with van der Waals surface area (Å²) in [5.74, 6) is 2.80. The van der Waals surface area contributed by atoms with Gasteiger partial charge in [0.05, 0.1) is 4.92 Å². The van der Waals surface area contributed by atoms with Crippen molar-refractivity contribution in [2.45, 2.75) is 6.54 Å². The molecule has 0 amide bonds. The van der Waals surface area contributed by atoms with E-state index in [-0.39, 0.29) is 18.8 Å². The third-order valence-corrected chi connectivity index (χ3v) is 1.79. The van der Waals surface area contributed by atoms with Crippen molar-refractivity contribution >= 4 is 5.69 Å². The normalized spacial score (nSPS) is 9.33. The second-order valence-corrected chi connectivity index (χ2v) is 2.75. The van der Waals surface area contributed by atoms with Gasteiger partial charge in [-0.1, -0.05) is 5.92 Å². The fraction of sp³-hybridized carbons (Fsp3) is 0.200. The van der Waals surface area contributed by atoms with Crippen LogP contribution in [0.5, 0.6) is 5.75 Å². The Morgan fingerprint density at radius 3 is 2.87 bits per heavy atom. The highest BCUT2D eigenvalue weighted by Gasteiger charge is 2.10. The highest BCUT2D eigenvalue weighted by molar-refractivity contribution is 5.43. The Morgan fingerprint density at radius 1 is 1.60 bits per heavy atom. The topological polar surface area (TPSA) is 78.4 Å². The summed E-state index contributed by atoms with van der Waals surface area (Å²) in [6.07, 6.45) is 5.03. The summed E-state index contributed by atoms with van der Waals surface area (Å²) in [5, 5.41) is 10.5. The average molecular weight is 206 g/mol. The third kappa shape index (κ3) is 2.69. The number of nitro benzene ring substituents is 1. The first-order valence-electron chi connectivity index (χ1n) is 4.22. The zero-order chi connectivity index (χ0) is 11.3. The standard InChI is InChI=1S/C10H10N2O3/c1-2-5-15-10-4-3-9(12(13)14)6-8(10)7-11/h1,3-4,6H,5,7,11H2. The predicted molar refractivity (Wildman–Crippen MR) is 55.3 cm³/mol. The number of terminal acetylenes is 1. The van der Waals surface area contributed by atoms with Crippen LogP contribution in [0.25, 0.3) is 0 Å². The van der Waals surface area contributed by atoms with Crippen molar-refractivity contribution < 1.29 is 9.66 Å². The molecular weight excluding hydrogens is 196 g/mol. The Labute approximate surface area is 87.0 Å². The van der Waals surface area contributed by atoms with Crippen LogP contribution >= 0.6 is 0 Å². The fourth-order valence-electron chi connectivity index (χ4n) is 1.10. The molecule has 0 heterocycles. The van der Waals surface area contributed by atoms with Crippen molar-refractivity contribution in [3.63, 3.8) is 0 Å². The fourth-order valence-corrected chi connectivity index (χ4v) is 1.10. The molecule has 1 rings (SSSR count). The molecule has 5 nitrogen and oxygen atoms in total. The first-order chi connectivity index (χ1) is 7.19. The van der Waals surface area contributed by atoms with Gasteiger partial charge in [-0.15, -0.1) is 6.42 Å². The van der Waals surface area contributed by atoms with Crippen LogP contribution in [0.3, 0.4) is 0 Å². The molecular formula is C10H10N2O3. The number of hydrogen-bond acceptors (Lipinski definition) is 4. The molecule has 0 saturated carbocycles. The zero-order valence-corrected chi connectivity index (χ0v) is 7.97. The van der Waals surface area contributed by atoms with Gasteiger partial charge in [-0.3, -0.25) is 10.1 Å². The van der Waals surface area contributed by atoms with Gasteiger partial charge in [0, 0.05) is 24.2 Å². The van der Waals surface area contributed by atoms with Gasteiger partial charge in [0.15, 0.2) is 0 Å². The van der Waals surface area contributed by atoms with Gasteiger partial charge in [0.25, 0.3) is 5.69 Å². The number of non-ortho nitro benzene ring substituents is 1. The summed E-state index contributed by atoms with van der Waals surface area (Å²) < 4.78 is 5.17. The Balaban J connectivity index is 2.99. The molecule has 0 radical (unpaired) electrons. The number of hydrogen-bond donors (Lipinski definition) is 1. The minimum absolute atomic E-state index is 0.0106. The zero-order valence-electron chi connectivity index (χ0n) is 7.97. The Hall–Kier alpha value is -2.06. The maximum atomic E-state index is 10.5. The molecule has 0 spiro atoms. The summed E-state index contributed by atoms with van der Waals surface area (Å²) in [7, 11) is 0. The van der Waals surface area contributed by atoms with E-state index in [1.807, 2.05) is 0 Å². The van der Waals surface area contributed by atoms with Crippen LogP contribution in [0.15, 0.2) is 18.2 Å². The molecule has 1 aromatic rings. The van der Waals surface area contributed by atoms with Crippen LogP contribution in [0.4, 0.5) is 5.69 Å². The van der Waals surface area contributed by atoms with Gasteiger partial charge in [-0.2, -0.15) is 0 Å². The smallest absolute Gasteiger partial charge is 0.270 e. The van der Waals surface area contributed by atoms with Crippen LogP contribution < -0.4 is 10.5 Å². The second-order valence-electron chi connectivity index (χ2n) is 2.75. The largest absolute Gasteiger partial charge is 0.481 e. The first-order valence-corrected chi connectivity index (χ1v) is 4.22. The summed E-state index contributed by atoms with van der Waals surface area (Å²) in [4.78, 5) is 10.0. The van der Waals surface area contributed by atoms with Crippen molar-refractivity contribution in [3.8, 4) is 18.1 Å². The lowest BCUT2D eigenvalue weighted by molar-refractivity contribution is -0.384. The molecule has 0 aliphatic carbocycles. The number of benzene rings is 1. The SMILES string of the molecule is C#CCOc1ccc([N+](=O)[O-])cc1CN. The quantitative estimate of drug-likeness (QED) is 0.454. The van der Waals surface area contributed by atoms with Crippen LogP contribution in [-0.4, -0.2) is 11.5 Å². The molecule has 0 aliphatic heterocycles. The summed E-state index contributed by atoms with van der Waals surface area (Å²) >= 11 is 0. The number of rotatable bonds is 4. The van der Waals surface area contributed by atoms with E-state index in [0.717, 1.165) is 0 Å². The number of ether oxygens (including phenoxy) is 1. The van der Waals surface area contributed by atoms with E-state index in [9.17, 15) is 10.1 Å². The number of nitro groups is 1. The van der Waals surface area contributed by atoms with Crippen molar-refractivity contribution in [1.82, 2.24) is 0 Å². The Morgan fingerprint density at radius 2 is 2.33 bits per heavy atom. The van der Waals surface area contributed by atoms with E-state index < -0.39 is 4.92 Å². The van der Waals surface area contributed by atoms with Crippen molar-refractivity contribution in [2.75, 3.05) is 6.61 Å². The van der Waals surface area contributed by atoms with Gasteiger partial charge >= 0.3 is 0 Å². The molecule has 0 bridgehead atoms. The summed E-state index contributed by atoms with van der Waals surface area (Å²) in [6.45, 7) is 0.284. The van der Waals surface area contributed by atoms with Crippen molar-refractivity contribution in [3.05, 3.63) is 33.9 Å². The van der Waals surface area contributed by atoms with Gasteiger partial charge in [0.1, 0.15) is 12.4 Å². The summed E-state index contributed by atoms with van der Waals surface area (Å²) in [5.41, 5.74) is 6.00. The minimum atomic E-state index is -0.482. The summed E-state index contributed by atoms with van der Waals surface area (Å²) in [6, 6.07) is 4.23. The van der Waals surface area contributed by atoms with E-state index >= 15 is 0 Å². The van der Waals surface area contributed by atoms with E-state index in [1.165, 1.54) is 18.2 Å². The molecule has 0 saturated heterocycles.